The summed E-state index contributed by atoms with van der Waals surface area (Å²) >= 11 is 0. The van der Waals surface area contributed by atoms with Crippen LogP contribution < -0.4 is 0 Å². The normalized spacial score (nSPS) is 13.8. The van der Waals surface area contributed by atoms with Crippen LogP contribution >= 0.6 is 16.8 Å². The van der Waals surface area contributed by atoms with Crippen molar-refractivity contribution in [3.8, 4) is 0 Å². The number of hydrogen-bond acceptors (Lipinski definition) is 3. The fraction of sp³-hybridized carbons (Fsp3) is 0.636. The van der Waals surface area contributed by atoms with Gasteiger partial charge in [0.1, 0.15) is 5.60 Å². The molecule has 0 spiro atoms. The minimum Gasteiger partial charge on any atom is -0.460 e. The van der Waals surface area contributed by atoms with Crippen LogP contribution in [-0.2, 0) is 14.3 Å². The van der Waals surface area contributed by atoms with Gasteiger partial charge in [0.2, 0.25) is 0 Å². The first kappa shape index (κ1) is 16.2. The lowest BCUT2D eigenvalue weighted by molar-refractivity contribution is -0.156. The molecule has 4 nitrogen and oxygen atoms in total. The van der Waals surface area contributed by atoms with Gasteiger partial charge in [0.25, 0.3) is 5.42 Å². The Morgan fingerprint density at radius 2 is 2.00 bits per heavy atom. The van der Waals surface area contributed by atoms with Gasteiger partial charge in [-0.25, -0.2) is 4.85 Å². The van der Waals surface area contributed by atoms with Crippen LogP contribution in [0.1, 0.15) is 34.1 Å². The van der Waals surface area contributed by atoms with E-state index in [-0.39, 0.29) is 17.6 Å². The van der Waals surface area contributed by atoms with Crippen LogP contribution in [0.25, 0.3) is 4.85 Å². The quantitative estimate of drug-likeness (QED) is 0.449. The molecule has 0 aliphatic heterocycles. The van der Waals surface area contributed by atoms with Crippen LogP contribution in [0.2, 0.25) is 0 Å². The summed E-state index contributed by atoms with van der Waals surface area (Å²) in [5.41, 5.74) is -0.420. The molecule has 6 heteroatoms. The molecule has 0 saturated carbocycles. The lowest BCUT2D eigenvalue weighted by Crippen LogP contribution is -2.27. The first-order chi connectivity index (χ1) is 7.71. The number of ether oxygens (including phenoxy) is 1. The molecular weight excluding hydrogens is 256 g/mol. The third kappa shape index (κ3) is 6.51. The summed E-state index contributed by atoms with van der Waals surface area (Å²) in [7, 11) is 2.87. The standard InChI is InChI=1S/C11H17NO3P2/c1-7(9(14)10(12-5)17-16)6-8(13)15-11(2,3)4/h7H,6,16H2,1-4H3/t7-/m1/s1. The molecule has 0 aliphatic rings. The van der Waals surface area contributed by atoms with E-state index in [0.717, 1.165) is 0 Å². The number of carbonyl (C=O) groups is 2. The van der Waals surface area contributed by atoms with Gasteiger partial charge >= 0.3 is 5.97 Å². The van der Waals surface area contributed by atoms with Crippen molar-refractivity contribution in [3.05, 3.63) is 11.4 Å². The highest BCUT2D eigenvalue weighted by Crippen LogP contribution is 2.17. The first-order valence-corrected chi connectivity index (χ1v) is 7.64. The van der Waals surface area contributed by atoms with Crippen LogP contribution in [-0.4, -0.2) is 22.8 Å². The second-order valence-corrected chi connectivity index (χ2v) is 6.08. The van der Waals surface area contributed by atoms with Crippen LogP contribution in [0, 0.1) is 12.5 Å². The van der Waals surface area contributed by atoms with Gasteiger partial charge in [-0.05, 0) is 20.8 Å². The highest BCUT2D eigenvalue weighted by Gasteiger charge is 2.24. The Bertz CT molecular complexity index is 377. The molecule has 0 rings (SSSR count). The van der Waals surface area contributed by atoms with Crippen LogP contribution in [0.3, 0.4) is 0 Å². The van der Waals surface area contributed by atoms with E-state index in [0.29, 0.717) is 7.89 Å². The number of esters is 1. The zero-order valence-corrected chi connectivity index (χ0v) is 12.5. The summed E-state index contributed by atoms with van der Waals surface area (Å²) in [6, 6.07) is 0. The largest absolute Gasteiger partial charge is 0.460 e. The molecule has 0 fully saturated rings. The molecule has 1 unspecified atom stereocenters. The van der Waals surface area contributed by atoms with E-state index >= 15 is 0 Å². The smallest absolute Gasteiger partial charge is 0.306 e. The Morgan fingerprint density at radius 3 is 2.35 bits per heavy atom. The molecule has 0 radical (unpaired) electrons. The molecule has 94 valence electrons. The predicted molar refractivity (Wildman–Crippen MR) is 72.9 cm³/mol. The molecule has 0 aromatic rings. The SMILES string of the molecule is [C-]#[N+]C(=PP)C(=O)[C@H](C)CC(=O)OC(C)(C)C. The second kappa shape index (κ2) is 6.84. The fourth-order valence-electron chi connectivity index (χ4n) is 1.09. The maximum atomic E-state index is 11.7. The van der Waals surface area contributed by atoms with Gasteiger partial charge in [0.05, 0.1) is 13.0 Å². The molecule has 0 heterocycles. The van der Waals surface area contributed by atoms with Crippen molar-refractivity contribution in [2.45, 2.75) is 39.7 Å². The Hall–Kier alpha value is -0.770. The van der Waals surface area contributed by atoms with E-state index < -0.39 is 17.5 Å². The Balaban J connectivity index is 4.47. The lowest BCUT2D eigenvalue weighted by atomic mass is 10.0. The van der Waals surface area contributed by atoms with E-state index in [1.54, 1.807) is 27.7 Å². The van der Waals surface area contributed by atoms with E-state index in [4.69, 9.17) is 11.3 Å². The predicted octanol–water partition coefficient (Wildman–Crippen LogP) is 2.71. The van der Waals surface area contributed by atoms with Gasteiger partial charge in [0, 0.05) is 5.92 Å². The highest BCUT2D eigenvalue weighted by molar-refractivity contribution is 8.03. The Labute approximate surface area is 106 Å². The topological polar surface area (TPSA) is 47.7 Å². The lowest BCUT2D eigenvalue weighted by Gasteiger charge is -2.20. The highest BCUT2D eigenvalue weighted by atomic mass is 32.0. The van der Waals surface area contributed by atoms with Crippen molar-refractivity contribution in [2.75, 3.05) is 0 Å². The third-order valence-electron chi connectivity index (χ3n) is 1.79. The number of rotatable bonds is 4. The summed E-state index contributed by atoms with van der Waals surface area (Å²) in [5, 5.41) is 0. The summed E-state index contributed by atoms with van der Waals surface area (Å²) < 4.78 is 5.12. The minimum atomic E-state index is -0.551. The third-order valence-corrected chi connectivity index (χ3v) is 3.09. The van der Waals surface area contributed by atoms with E-state index in [2.05, 4.69) is 13.8 Å². The van der Waals surface area contributed by atoms with Crippen molar-refractivity contribution < 1.29 is 14.3 Å². The summed E-state index contributed by atoms with van der Waals surface area (Å²) in [6.07, 6.45) is 0.00924. The maximum Gasteiger partial charge on any atom is 0.306 e. The van der Waals surface area contributed by atoms with Crippen molar-refractivity contribution >= 4 is 34.0 Å². The van der Waals surface area contributed by atoms with Crippen LogP contribution in [0.15, 0.2) is 0 Å². The van der Waals surface area contributed by atoms with Gasteiger partial charge < -0.3 is 9.53 Å². The zero-order chi connectivity index (χ0) is 13.6. The molecule has 17 heavy (non-hydrogen) atoms. The molecule has 0 N–H and O–H groups in total. The van der Waals surface area contributed by atoms with E-state index in [1.807, 2.05) is 0 Å². The minimum absolute atomic E-state index is 0.00924. The van der Waals surface area contributed by atoms with Gasteiger partial charge in [-0.3, -0.25) is 4.79 Å². The van der Waals surface area contributed by atoms with Crippen molar-refractivity contribution in [3.63, 3.8) is 0 Å². The summed E-state index contributed by atoms with van der Waals surface area (Å²) in [6.45, 7) is 13.8. The zero-order valence-electron chi connectivity index (χ0n) is 10.5. The molecule has 0 saturated heterocycles. The van der Waals surface area contributed by atoms with Crippen molar-refractivity contribution in [1.82, 2.24) is 0 Å². The molecule has 0 amide bonds. The van der Waals surface area contributed by atoms with Gasteiger partial charge in [-0.2, -0.15) is 0 Å². The molecule has 0 aliphatic carbocycles. The first-order valence-electron chi connectivity index (χ1n) is 5.12. The number of ketones is 1. The summed E-state index contributed by atoms with van der Waals surface area (Å²) in [4.78, 5) is 26.4. The number of carbonyl (C=O) groups excluding carboxylic acids is 2. The van der Waals surface area contributed by atoms with E-state index in [1.165, 1.54) is 0 Å². The molecule has 0 bridgehead atoms. The number of hydrogen-bond donors (Lipinski definition) is 0. The Kier molecular flexibility index (Phi) is 6.53. The van der Waals surface area contributed by atoms with E-state index in [9.17, 15) is 9.59 Å². The molecular formula is C11H17NO3P2. The molecule has 2 atom stereocenters. The molecule has 0 aromatic heterocycles. The van der Waals surface area contributed by atoms with Crippen molar-refractivity contribution in [1.29, 1.82) is 0 Å². The summed E-state index contributed by atoms with van der Waals surface area (Å²) in [5.74, 6) is -1.22. The van der Waals surface area contributed by atoms with Crippen LogP contribution in [0.5, 0.6) is 0 Å². The monoisotopic (exact) mass is 273 g/mol. The number of Topliss-reactive ketones (excluding diaryl/α,β-unsaturated/α-hetero) is 1. The maximum absolute atomic E-state index is 11.7. The Morgan fingerprint density at radius 1 is 1.47 bits per heavy atom. The average molecular weight is 273 g/mol. The van der Waals surface area contributed by atoms with Gasteiger partial charge in [0.15, 0.2) is 5.78 Å². The van der Waals surface area contributed by atoms with Gasteiger partial charge in [-0.1, -0.05) is 23.7 Å². The second-order valence-electron chi connectivity index (χ2n) is 4.62. The van der Waals surface area contributed by atoms with Gasteiger partial charge in [-0.15, -0.1) is 0 Å². The van der Waals surface area contributed by atoms with Crippen molar-refractivity contribution in [2.24, 2.45) is 5.92 Å². The average Bonchev–Trinajstić information content (AvgIpc) is 2.16. The molecule has 0 aromatic carbocycles. The number of nitrogens with zero attached hydrogens (tertiary/aromatic N) is 1. The fourth-order valence-corrected chi connectivity index (χ4v) is 2.05. The van der Waals surface area contributed by atoms with Crippen LogP contribution in [0.4, 0.5) is 0 Å².